The van der Waals surface area contributed by atoms with E-state index in [2.05, 4.69) is 10.3 Å². The fraction of sp³-hybridized carbons (Fsp3) is 0.733. The molecule has 6 nitrogen and oxygen atoms in total. The summed E-state index contributed by atoms with van der Waals surface area (Å²) < 4.78 is 41.2. The highest BCUT2D eigenvalue weighted by Gasteiger charge is 2.57. The van der Waals surface area contributed by atoms with E-state index in [1.165, 1.54) is 19.4 Å². The molecule has 1 saturated heterocycles. The van der Waals surface area contributed by atoms with Crippen molar-refractivity contribution < 1.29 is 23.1 Å². The van der Waals surface area contributed by atoms with E-state index in [0.717, 1.165) is 17.4 Å². The molecule has 1 fully saturated rings. The Kier molecular flexibility index (Phi) is 5.42. The number of nitrogens with one attached hydrogen (secondary N) is 1. The number of carbonyl (C=O) groups excluding carboxylic acids is 1. The minimum absolute atomic E-state index is 0.299. The number of aliphatic hydroxyl groups is 1. The van der Waals surface area contributed by atoms with Crippen molar-refractivity contribution in [1.82, 2.24) is 19.8 Å². The van der Waals surface area contributed by atoms with Gasteiger partial charge in [-0.15, -0.1) is 0 Å². The summed E-state index contributed by atoms with van der Waals surface area (Å²) >= 11 is 0. The number of amides is 2. The van der Waals surface area contributed by atoms with Crippen molar-refractivity contribution >= 4 is 6.03 Å². The molecule has 2 atom stereocenters. The lowest BCUT2D eigenvalue weighted by molar-refractivity contribution is -0.272. The van der Waals surface area contributed by atoms with E-state index in [0.29, 0.717) is 19.0 Å². The standard InChI is InChI=1S/C15H23F3N4O2/c1-11-4-3-8-22(10-11)13(23)20-6-5-14(24,15(16,17)18)12-19-7-9-21(12)2/h7,9,11,24H,3-6,8,10H2,1-2H3,(H,20,23)/t11-,14-/m1/s1. The molecule has 0 aliphatic carbocycles. The van der Waals surface area contributed by atoms with Gasteiger partial charge in [-0.2, -0.15) is 13.2 Å². The molecule has 0 bridgehead atoms. The molecule has 9 heteroatoms. The van der Waals surface area contributed by atoms with Crippen molar-refractivity contribution in [2.45, 2.75) is 38.0 Å². The topological polar surface area (TPSA) is 70.4 Å². The molecule has 0 aromatic carbocycles. The number of carbonyl (C=O) groups is 1. The van der Waals surface area contributed by atoms with Crippen molar-refractivity contribution in [2.75, 3.05) is 19.6 Å². The average molecular weight is 348 g/mol. The number of aryl methyl sites for hydroxylation is 1. The second-order valence-corrected chi connectivity index (χ2v) is 6.40. The van der Waals surface area contributed by atoms with Crippen LogP contribution in [0.2, 0.25) is 0 Å². The first-order valence-electron chi connectivity index (χ1n) is 7.95. The number of nitrogens with zero attached hydrogens (tertiary/aromatic N) is 3. The van der Waals surface area contributed by atoms with Crippen LogP contribution in [0.4, 0.5) is 18.0 Å². The lowest BCUT2D eigenvalue weighted by Crippen LogP contribution is -2.49. The Morgan fingerprint density at radius 2 is 2.21 bits per heavy atom. The van der Waals surface area contributed by atoms with Gasteiger partial charge in [0.25, 0.3) is 0 Å². The molecule has 24 heavy (non-hydrogen) atoms. The number of hydrogen-bond acceptors (Lipinski definition) is 3. The summed E-state index contributed by atoms with van der Waals surface area (Å²) in [5, 5.41) is 12.7. The summed E-state index contributed by atoms with van der Waals surface area (Å²) in [6, 6.07) is -0.397. The highest BCUT2D eigenvalue weighted by molar-refractivity contribution is 5.74. The normalized spacial score (nSPS) is 21.4. The van der Waals surface area contributed by atoms with Gasteiger partial charge in [0.05, 0.1) is 0 Å². The first-order chi connectivity index (χ1) is 11.1. The lowest BCUT2D eigenvalue weighted by atomic mass is 9.97. The minimum atomic E-state index is -4.89. The number of rotatable bonds is 4. The smallest absolute Gasteiger partial charge is 0.374 e. The van der Waals surface area contributed by atoms with Gasteiger partial charge in [-0.25, -0.2) is 9.78 Å². The van der Waals surface area contributed by atoms with Crippen LogP contribution in [-0.2, 0) is 12.6 Å². The monoisotopic (exact) mass is 348 g/mol. The van der Waals surface area contributed by atoms with E-state index >= 15 is 0 Å². The number of piperidine rings is 1. The maximum Gasteiger partial charge on any atom is 0.424 e. The molecule has 0 saturated carbocycles. The van der Waals surface area contributed by atoms with Crippen LogP contribution in [0.25, 0.3) is 0 Å². The molecule has 1 aliphatic heterocycles. The van der Waals surface area contributed by atoms with E-state index in [-0.39, 0.29) is 6.54 Å². The molecule has 0 unspecified atom stereocenters. The highest BCUT2D eigenvalue weighted by Crippen LogP contribution is 2.40. The highest BCUT2D eigenvalue weighted by atomic mass is 19.4. The quantitative estimate of drug-likeness (QED) is 0.874. The van der Waals surface area contributed by atoms with Crippen LogP contribution in [0.5, 0.6) is 0 Å². The Bertz CT molecular complexity index is 575. The van der Waals surface area contributed by atoms with Crippen LogP contribution >= 0.6 is 0 Å². The van der Waals surface area contributed by atoms with Gasteiger partial charge in [-0.1, -0.05) is 6.92 Å². The third kappa shape index (κ3) is 3.82. The zero-order valence-electron chi connectivity index (χ0n) is 13.8. The van der Waals surface area contributed by atoms with Crippen LogP contribution in [0.1, 0.15) is 32.0 Å². The number of aromatic nitrogens is 2. The molecular weight excluding hydrogens is 325 g/mol. The van der Waals surface area contributed by atoms with Gasteiger partial charge in [-0.05, 0) is 18.8 Å². The van der Waals surface area contributed by atoms with E-state index in [1.54, 1.807) is 4.90 Å². The van der Waals surface area contributed by atoms with Crippen LogP contribution in [-0.4, -0.2) is 51.4 Å². The van der Waals surface area contributed by atoms with Gasteiger partial charge in [0.15, 0.2) is 0 Å². The van der Waals surface area contributed by atoms with E-state index in [9.17, 15) is 23.1 Å². The van der Waals surface area contributed by atoms with Gasteiger partial charge in [0.2, 0.25) is 5.60 Å². The molecule has 136 valence electrons. The van der Waals surface area contributed by atoms with Crippen LogP contribution in [0, 0.1) is 5.92 Å². The summed E-state index contributed by atoms with van der Waals surface area (Å²) in [6.07, 6.45) is -1.14. The summed E-state index contributed by atoms with van der Waals surface area (Å²) in [5.74, 6) is -0.111. The number of alkyl halides is 3. The molecule has 2 rings (SSSR count). The largest absolute Gasteiger partial charge is 0.424 e. The number of likely N-dealkylation sites (tertiary alicyclic amines) is 1. The fourth-order valence-electron chi connectivity index (χ4n) is 2.98. The molecule has 0 radical (unpaired) electrons. The van der Waals surface area contributed by atoms with Gasteiger partial charge < -0.3 is 19.9 Å². The summed E-state index contributed by atoms with van der Waals surface area (Å²) in [5.41, 5.74) is -3.10. The molecule has 2 amide bonds. The summed E-state index contributed by atoms with van der Waals surface area (Å²) in [6.45, 7) is 2.92. The van der Waals surface area contributed by atoms with Gasteiger partial charge in [0, 0.05) is 45.5 Å². The molecule has 1 aromatic heterocycles. The zero-order chi connectivity index (χ0) is 18.0. The van der Waals surface area contributed by atoms with Gasteiger partial charge >= 0.3 is 12.2 Å². The molecule has 2 heterocycles. The maximum absolute atomic E-state index is 13.4. The Morgan fingerprint density at radius 1 is 1.50 bits per heavy atom. The molecule has 1 aromatic rings. The molecule has 2 N–H and O–H groups in total. The van der Waals surface area contributed by atoms with E-state index in [4.69, 9.17) is 0 Å². The molecule has 0 spiro atoms. The maximum atomic E-state index is 13.4. The minimum Gasteiger partial charge on any atom is -0.374 e. The average Bonchev–Trinajstić information content (AvgIpc) is 2.92. The Balaban J connectivity index is 1.99. The van der Waals surface area contributed by atoms with Crippen molar-refractivity contribution in [1.29, 1.82) is 0 Å². The third-order valence-corrected chi connectivity index (χ3v) is 4.37. The second kappa shape index (κ2) is 7.00. The zero-order valence-corrected chi connectivity index (χ0v) is 13.8. The molecular formula is C15H23F3N4O2. The summed E-state index contributed by atoms with van der Waals surface area (Å²) in [7, 11) is 1.38. The number of imidazole rings is 1. The van der Waals surface area contributed by atoms with Crippen LogP contribution < -0.4 is 5.32 Å². The van der Waals surface area contributed by atoms with E-state index in [1.807, 2.05) is 6.92 Å². The SMILES string of the molecule is C[C@@H]1CCCN(C(=O)NCC[C@@](O)(c2nccn2C)C(F)(F)F)C1. The lowest BCUT2D eigenvalue weighted by Gasteiger charge is -2.32. The van der Waals surface area contributed by atoms with Gasteiger partial charge in [-0.3, -0.25) is 0 Å². The van der Waals surface area contributed by atoms with Crippen molar-refractivity contribution in [3.8, 4) is 0 Å². The van der Waals surface area contributed by atoms with Crippen LogP contribution in [0.15, 0.2) is 12.4 Å². The number of urea groups is 1. The third-order valence-electron chi connectivity index (χ3n) is 4.37. The van der Waals surface area contributed by atoms with Crippen molar-refractivity contribution in [2.24, 2.45) is 13.0 Å². The molecule has 1 aliphatic rings. The van der Waals surface area contributed by atoms with Crippen molar-refractivity contribution in [3.05, 3.63) is 18.2 Å². The number of hydrogen-bond donors (Lipinski definition) is 2. The number of halogens is 3. The Morgan fingerprint density at radius 3 is 2.75 bits per heavy atom. The fourth-order valence-corrected chi connectivity index (χ4v) is 2.98. The van der Waals surface area contributed by atoms with Crippen molar-refractivity contribution in [3.63, 3.8) is 0 Å². The van der Waals surface area contributed by atoms with Crippen LogP contribution in [0.3, 0.4) is 0 Å². The first-order valence-corrected chi connectivity index (χ1v) is 7.95. The predicted molar refractivity (Wildman–Crippen MR) is 81.1 cm³/mol. The Labute approximate surface area is 138 Å². The van der Waals surface area contributed by atoms with Gasteiger partial charge in [0.1, 0.15) is 5.82 Å². The summed E-state index contributed by atoms with van der Waals surface area (Å²) in [4.78, 5) is 17.3. The Hall–Kier alpha value is -1.77. The first kappa shape index (κ1) is 18.6. The predicted octanol–water partition coefficient (Wildman–Crippen LogP) is 2.00. The second-order valence-electron chi connectivity index (χ2n) is 6.40. The van der Waals surface area contributed by atoms with E-state index < -0.39 is 30.1 Å².